The Morgan fingerprint density at radius 2 is 1.82 bits per heavy atom. The molecule has 2 N–H and O–H groups in total. The summed E-state index contributed by atoms with van der Waals surface area (Å²) in [6.07, 6.45) is 0. The van der Waals surface area contributed by atoms with E-state index in [9.17, 15) is 14.7 Å². The first kappa shape index (κ1) is 13.2. The van der Waals surface area contributed by atoms with Gasteiger partial charge in [-0.05, 0) is 18.2 Å². The van der Waals surface area contributed by atoms with Crippen LogP contribution in [0.15, 0.2) is 18.2 Å². The number of nitrogens with zero attached hydrogens (tertiary/aromatic N) is 1. The Labute approximate surface area is 99.5 Å². The van der Waals surface area contributed by atoms with E-state index in [4.69, 9.17) is 5.11 Å². The number of aromatic carboxylic acids is 1. The van der Waals surface area contributed by atoms with Crippen molar-refractivity contribution in [2.75, 3.05) is 27.7 Å². The van der Waals surface area contributed by atoms with Crippen molar-refractivity contribution >= 4 is 11.8 Å². The van der Waals surface area contributed by atoms with E-state index in [0.29, 0.717) is 10.0 Å². The van der Waals surface area contributed by atoms with Gasteiger partial charge < -0.3 is 14.7 Å². The smallest absolute Gasteiger partial charge is 0.339 e. The zero-order chi connectivity index (χ0) is 13.2. The Kier molecular flexibility index (Phi) is 3.53. The van der Waals surface area contributed by atoms with Crippen molar-refractivity contribution in [3.63, 3.8) is 0 Å². The summed E-state index contributed by atoms with van der Waals surface area (Å²) < 4.78 is 0.460. The minimum absolute atomic E-state index is 0.153. The van der Waals surface area contributed by atoms with E-state index >= 15 is 0 Å². The van der Waals surface area contributed by atoms with E-state index in [1.54, 1.807) is 0 Å². The number of carboxylic acids is 1. The molecule has 1 rings (SSSR count). The summed E-state index contributed by atoms with van der Waals surface area (Å²) in [5.41, 5.74) is 0.0468. The molecule has 0 saturated carbocycles. The van der Waals surface area contributed by atoms with Crippen LogP contribution < -0.4 is 0 Å². The quantitative estimate of drug-likeness (QED) is 0.605. The number of carbonyl (C=O) groups excluding carboxylic acids is 1. The molecule has 0 aliphatic rings. The number of hydrogen-bond donors (Lipinski definition) is 2. The molecule has 0 radical (unpaired) electrons. The zero-order valence-corrected chi connectivity index (χ0v) is 10.1. The number of carboxylic acid groups (broad SMARTS) is 1. The molecule has 0 bridgehead atoms. The molecule has 0 amide bonds. The summed E-state index contributed by atoms with van der Waals surface area (Å²) in [7, 11) is 5.61. The predicted octanol–water partition coefficient (Wildman–Crippen LogP) is 0.979. The monoisotopic (exact) mass is 238 g/mol. The average molecular weight is 238 g/mol. The van der Waals surface area contributed by atoms with Gasteiger partial charge >= 0.3 is 5.97 Å². The standard InChI is InChI=1S/C12H15NO4/c1-13(2,3)7-11(15)8-4-5-10(14)9(6-8)12(16)17/h4-6H,7H2,1-3H3,(H-,14,15,16,17)/p+1. The van der Waals surface area contributed by atoms with Crippen LogP contribution in [0.3, 0.4) is 0 Å². The highest BCUT2D eigenvalue weighted by atomic mass is 16.4. The van der Waals surface area contributed by atoms with Crippen LogP contribution in [-0.2, 0) is 0 Å². The Morgan fingerprint density at radius 1 is 1.24 bits per heavy atom. The first-order valence-corrected chi connectivity index (χ1v) is 5.10. The third-order valence-electron chi connectivity index (χ3n) is 2.17. The molecular weight excluding hydrogens is 222 g/mol. The molecule has 0 heterocycles. The molecule has 0 aliphatic heterocycles. The lowest BCUT2D eigenvalue weighted by molar-refractivity contribution is -0.861. The number of Topliss-reactive ketones (excluding diaryl/α,β-unsaturated/α-hetero) is 1. The molecule has 0 saturated heterocycles. The molecule has 17 heavy (non-hydrogen) atoms. The van der Waals surface area contributed by atoms with Crippen molar-refractivity contribution in [3.8, 4) is 5.75 Å². The van der Waals surface area contributed by atoms with Gasteiger partial charge in [-0.1, -0.05) is 0 Å². The average Bonchev–Trinajstić information content (AvgIpc) is 2.14. The van der Waals surface area contributed by atoms with Crippen LogP contribution >= 0.6 is 0 Å². The van der Waals surface area contributed by atoms with E-state index in [2.05, 4.69) is 0 Å². The maximum Gasteiger partial charge on any atom is 0.339 e. The van der Waals surface area contributed by atoms with Crippen LogP contribution in [0.1, 0.15) is 20.7 Å². The maximum atomic E-state index is 11.9. The number of ketones is 1. The Morgan fingerprint density at radius 3 is 2.29 bits per heavy atom. The minimum atomic E-state index is -1.25. The van der Waals surface area contributed by atoms with Gasteiger partial charge in [0, 0.05) is 5.56 Å². The second kappa shape index (κ2) is 4.55. The van der Waals surface area contributed by atoms with E-state index in [1.165, 1.54) is 18.2 Å². The molecule has 0 unspecified atom stereocenters. The van der Waals surface area contributed by atoms with Gasteiger partial charge in [-0.2, -0.15) is 0 Å². The Bertz CT molecular complexity index is 460. The van der Waals surface area contributed by atoms with Gasteiger partial charge in [0.15, 0.2) is 0 Å². The first-order chi connectivity index (χ1) is 7.70. The molecule has 0 aromatic heterocycles. The van der Waals surface area contributed by atoms with Crippen LogP contribution in [0.25, 0.3) is 0 Å². The molecule has 1 aromatic carbocycles. The Hall–Kier alpha value is -1.88. The number of rotatable bonds is 4. The Balaban J connectivity index is 3.04. The lowest BCUT2D eigenvalue weighted by atomic mass is 10.1. The lowest BCUT2D eigenvalue weighted by Crippen LogP contribution is -2.39. The molecule has 5 heteroatoms. The third-order valence-corrected chi connectivity index (χ3v) is 2.17. The number of hydrogen-bond acceptors (Lipinski definition) is 3. The van der Waals surface area contributed by atoms with Crippen LogP contribution in [0, 0.1) is 0 Å². The second-order valence-corrected chi connectivity index (χ2v) is 4.91. The zero-order valence-electron chi connectivity index (χ0n) is 10.1. The highest BCUT2D eigenvalue weighted by molar-refractivity contribution is 6.00. The van der Waals surface area contributed by atoms with Gasteiger partial charge in [0.05, 0.1) is 21.1 Å². The van der Waals surface area contributed by atoms with E-state index in [0.717, 1.165) is 0 Å². The molecule has 92 valence electrons. The van der Waals surface area contributed by atoms with Crippen molar-refractivity contribution in [3.05, 3.63) is 29.3 Å². The highest BCUT2D eigenvalue weighted by Gasteiger charge is 2.19. The molecule has 0 spiro atoms. The topological polar surface area (TPSA) is 74.6 Å². The van der Waals surface area contributed by atoms with Gasteiger partial charge in [-0.3, -0.25) is 4.79 Å². The SMILES string of the molecule is C[N+](C)(C)CC(=O)c1ccc(O)c(C(=O)O)c1. The van der Waals surface area contributed by atoms with Crippen molar-refractivity contribution in [1.29, 1.82) is 0 Å². The lowest BCUT2D eigenvalue weighted by Gasteiger charge is -2.22. The summed E-state index contributed by atoms with van der Waals surface area (Å²) in [5.74, 6) is -1.73. The van der Waals surface area contributed by atoms with Crippen molar-refractivity contribution in [2.24, 2.45) is 0 Å². The van der Waals surface area contributed by atoms with Gasteiger partial charge in [0.2, 0.25) is 5.78 Å². The first-order valence-electron chi connectivity index (χ1n) is 5.10. The number of likely N-dealkylation sites (N-methyl/N-ethyl adjacent to an activating group) is 1. The van der Waals surface area contributed by atoms with Gasteiger partial charge in [-0.25, -0.2) is 4.79 Å². The molecule has 0 fully saturated rings. The fraction of sp³-hybridized carbons (Fsp3) is 0.333. The van der Waals surface area contributed by atoms with Crippen molar-refractivity contribution in [2.45, 2.75) is 0 Å². The summed E-state index contributed by atoms with van der Waals surface area (Å²) in [4.78, 5) is 22.7. The number of aromatic hydroxyl groups is 1. The maximum absolute atomic E-state index is 11.9. The summed E-state index contributed by atoms with van der Waals surface area (Å²) in [5, 5.41) is 18.2. The molecule has 1 aromatic rings. The number of carbonyl (C=O) groups is 2. The largest absolute Gasteiger partial charge is 0.507 e. The highest BCUT2D eigenvalue weighted by Crippen LogP contribution is 2.19. The van der Waals surface area contributed by atoms with Crippen LogP contribution in [0.4, 0.5) is 0 Å². The molecule has 0 aliphatic carbocycles. The van der Waals surface area contributed by atoms with E-state index in [1.807, 2.05) is 21.1 Å². The van der Waals surface area contributed by atoms with Gasteiger partial charge in [-0.15, -0.1) is 0 Å². The molecule has 5 nitrogen and oxygen atoms in total. The van der Waals surface area contributed by atoms with Crippen molar-refractivity contribution in [1.82, 2.24) is 0 Å². The number of benzene rings is 1. The number of quaternary nitrogens is 1. The normalized spacial score (nSPS) is 11.2. The van der Waals surface area contributed by atoms with Crippen molar-refractivity contribution < 1.29 is 24.3 Å². The minimum Gasteiger partial charge on any atom is -0.507 e. The molecular formula is C12H16NO4+. The fourth-order valence-corrected chi connectivity index (χ4v) is 1.40. The predicted molar refractivity (Wildman–Crippen MR) is 62.3 cm³/mol. The fourth-order valence-electron chi connectivity index (χ4n) is 1.40. The van der Waals surface area contributed by atoms with Crippen LogP contribution in [0.5, 0.6) is 5.75 Å². The number of phenols is 1. The third kappa shape index (κ3) is 3.57. The van der Waals surface area contributed by atoms with E-state index < -0.39 is 5.97 Å². The molecule has 0 atom stereocenters. The second-order valence-electron chi connectivity index (χ2n) is 4.91. The van der Waals surface area contributed by atoms with E-state index in [-0.39, 0.29) is 23.6 Å². The van der Waals surface area contributed by atoms with Gasteiger partial charge in [0.25, 0.3) is 0 Å². The van der Waals surface area contributed by atoms with Crippen LogP contribution in [0.2, 0.25) is 0 Å². The summed E-state index contributed by atoms with van der Waals surface area (Å²) >= 11 is 0. The van der Waals surface area contributed by atoms with Gasteiger partial charge in [0.1, 0.15) is 17.9 Å². The summed E-state index contributed by atoms with van der Waals surface area (Å²) in [6, 6.07) is 3.86. The summed E-state index contributed by atoms with van der Waals surface area (Å²) in [6.45, 7) is 0.268. The van der Waals surface area contributed by atoms with Crippen LogP contribution in [-0.4, -0.2) is 54.1 Å².